The van der Waals surface area contributed by atoms with Crippen LogP contribution in [-0.4, -0.2) is 26.3 Å². The molecule has 0 spiro atoms. The lowest BCUT2D eigenvalue weighted by Gasteiger charge is -2.23. The van der Waals surface area contributed by atoms with Crippen molar-refractivity contribution in [2.75, 3.05) is 11.5 Å². The van der Waals surface area contributed by atoms with Gasteiger partial charge in [0.2, 0.25) is 0 Å². The average molecular weight is 290 g/mol. The molecule has 1 saturated heterocycles. The Kier molecular flexibility index (Phi) is 3.94. The number of hydrogen-bond acceptors (Lipinski definition) is 2. The Balaban J connectivity index is 1.76. The van der Waals surface area contributed by atoms with Gasteiger partial charge < -0.3 is 9.88 Å². The van der Waals surface area contributed by atoms with Crippen molar-refractivity contribution in [1.82, 2.24) is 9.88 Å². The van der Waals surface area contributed by atoms with Gasteiger partial charge in [-0.2, -0.15) is 0 Å². The highest BCUT2D eigenvalue weighted by Gasteiger charge is 2.18. The molecule has 1 N–H and O–H groups in total. The van der Waals surface area contributed by atoms with Gasteiger partial charge in [-0.3, -0.25) is 4.21 Å². The maximum absolute atomic E-state index is 11.4. The normalized spacial score (nSPS) is 23.3. The molecule has 1 aliphatic rings. The van der Waals surface area contributed by atoms with Crippen LogP contribution >= 0.6 is 0 Å². The van der Waals surface area contributed by atoms with Crippen LogP contribution in [0.4, 0.5) is 0 Å². The van der Waals surface area contributed by atoms with Crippen molar-refractivity contribution in [1.29, 1.82) is 0 Å². The van der Waals surface area contributed by atoms with E-state index in [1.807, 2.05) is 0 Å². The zero-order valence-corrected chi connectivity index (χ0v) is 13.0. The van der Waals surface area contributed by atoms with Crippen molar-refractivity contribution in [3.63, 3.8) is 0 Å². The quantitative estimate of drug-likeness (QED) is 0.942. The molecule has 108 valence electrons. The second kappa shape index (κ2) is 5.70. The summed E-state index contributed by atoms with van der Waals surface area (Å²) in [6, 6.07) is 9.08. The molecule has 2 aromatic rings. The molecule has 1 fully saturated rings. The topological polar surface area (TPSA) is 34.0 Å². The van der Waals surface area contributed by atoms with Crippen molar-refractivity contribution < 1.29 is 4.21 Å². The molecule has 1 aliphatic heterocycles. The van der Waals surface area contributed by atoms with E-state index < -0.39 is 10.8 Å². The van der Waals surface area contributed by atoms with Crippen molar-refractivity contribution in [2.45, 2.75) is 32.4 Å². The SMILES string of the molecule is Cc1c(CNC2CCS(=O)CC2)n(C)c2ccccc12. The molecule has 0 aliphatic carbocycles. The van der Waals surface area contributed by atoms with Gasteiger partial charge in [0.05, 0.1) is 0 Å². The van der Waals surface area contributed by atoms with Gasteiger partial charge in [-0.05, 0) is 31.4 Å². The lowest BCUT2D eigenvalue weighted by atomic mass is 10.1. The predicted molar refractivity (Wildman–Crippen MR) is 85.4 cm³/mol. The summed E-state index contributed by atoms with van der Waals surface area (Å²) in [5.74, 6) is 1.71. The van der Waals surface area contributed by atoms with Gasteiger partial charge in [-0.15, -0.1) is 0 Å². The number of aryl methyl sites for hydroxylation is 2. The third-order valence-electron chi connectivity index (χ3n) is 4.45. The van der Waals surface area contributed by atoms with Gasteiger partial charge in [0.15, 0.2) is 0 Å². The van der Waals surface area contributed by atoms with E-state index >= 15 is 0 Å². The minimum absolute atomic E-state index is 0.519. The standard InChI is InChI=1S/C16H22N2OS/c1-12-14-5-3-4-6-15(14)18(2)16(12)11-17-13-7-9-20(19)10-8-13/h3-6,13,17H,7-11H2,1-2H3. The van der Waals surface area contributed by atoms with Crippen LogP contribution in [0, 0.1) is 6.92 Å². The number of nitrogens with one attached hydrogen (secondary N) is 1. The van der Waals surface area contributed by atoms with Crippen LogP contribution in [0.3, 0.4) is 0 Å². The summed E-state index contributed by atoms with van der Waals surface area (Å²) in [5, 5.41) is 4.99. The van der Waals surface area contributed by atoms with Gasteiger partial charge in [0.25, 0.3) is 0 Å². The van der Waals surface area contributed by atoms with E-state index in [0.29, 0.717) is 6.04 Å². The van der Waals surface area contributed by atoms with Crippen LogP contribution < -0.4 is 5.32 Å². The molecular weight excluding hydrogens is 268 g/mol. The fraction of sp³-hybridized carbons (Fsp3) is 0.500. The first-order valence-electron chi connectivity index (χ1n) is 7.28. The predicted octanol–water partition coefficient (Wildman–Crippen LogP) is 2.49. The third-order valence-corrected chi connectivity index (χ3v) is 5.84. The van der Waals surface area contributed by atoms with Gasteiger partial charge >= 0.3 is 0 Å². The van der Waals surface area contributed by atoms with Gasteiger partial charge in [-0.1, -0.05) is 18.2 Å². The van der Waals surface area contributed by atoms with Crippen LogP contribution in [0.1, 0.15) is 24.1 Å². The monoisotopic (exact) mass is 290 g/mol. The Bertz CT molecular complexity index is 598. The molecule has 0 amide bonds. The molecule has 20 heavy (non-hydrogen) atoms. The van der Waals surface area contributed by atoms with E-state index in [1.54, 1.807) is 0 Å². The van der Waals surface area contributed by atoms with Crippen molar-refractivity contribution in [3.8, 4) is 0 Å². The highest BCUT2D eigenvalue weighted by molar-refractivity contribution is 7.85. The maximum atomic E-state index is 11.4. The molecule has 0 atom stereocenters. The maximum Gasteiger partial charge on any atom is 0.0483 e. The van der Waals surface area contributed by atoms with E-state index in [-0.39, 0.29) is 0 Å². The Labute approximate surface area is 122 Å². The molecule has 0 saturated carbocycles. The first-order chi connectivity index (χ1) is 9.66. The Hall–Kier alpha value is -1.13. The van der Waals surface area contributed by atoms with Crippen molar-refractivity contribution >= 4 is 21.7 Å². The van der Waals surface area contributed by atoms with Crippen LogP contribution in [0.2, 0.25) is 0 Å². The minimum atomic E-state index is -0.575. The van der Waals surface area contributed by atoms with Crippen LogP contribution in [0.25, 0.3) is 10.9 Å². The molecule has 3 rings (SSSR count). The summed E-state index contributed by atoms with van der Waals surface area (Å²) < 4.78 is 13.7. The number of aromatic nitrogens is 1. The molecule has 2 heterocycles. The molecule has 0 unspecified atom stereocenters. The number of fused-ring (bicyclic) bond motifs is 1. The Morgan fingerprint density at radius 2 is 2.00 bits per heavy atom. The molecule has 0 radical (unpaired) electrons. The molecular formula is C16H22N2OS. The number of para-hydroxylation sites is 1. The lowest BCUT2D eigenvalue weighted by molar-refractivity contribution is 0.468. The van der Waals surface area contributed by atoms with E-state index in [1.165, 1.54) is 22.2 Å². The number of benzene rings is 1. The second-order valence-electron chi connectivity index (χ2n) is 5.65. The van der Waals surface area contributed by atoms with E-state index in [2.05, 4.69) is 48.1 Å². The Morgan fingerprint density at radius 1 is 1.30 bits per heavy atom. The first kappa shape index (κ1) is 13.8. The fourth-order valence-electron chi connectivity index (χ4n) is 3.13. The van der Waals surface area contributed by atoms with E-state index in [9.17, 15) is 4.21 Å². The molecule has 0 bridgehead atoms. The van der Waals surface area contributed by atoms with Crippen LogP contribution in [-0.2, 0) is 24.4 Å². The largest absolute Gasteiger partial charge is 0.346 e. The summed E-state index contributed by atoms with van der Waals surface area (Å²) in [7, 11) is 1.57. The number of nitrogens with zero attached hydrogens (tertiary/aromatic N) is 1. The molecule has 4 heteroatoms. The van der Waals surface area contributed by atoms with Gasteiger partial charge in [0.1, 0.15) is 0 Å². The summed E-state index contributed by atoms with van der Waals surface area (Å²) in [4.78, 5) is 0. The summed E-state index contributed by atoms with van der Waals surface area (Å²) >= 11 is 0. The Morgan fingerprint density at radius 3 is 2.70 bits per heavy atom. The fourth-order valence-corrected chi connectivity index (χ4v) is 4.42. The second-order valence-corrected chi connectivity index (χ2v) is 7.35. The zero-order chi connectivity index (χ0) is 14.1. The molecule has 3 nitrogen and oxygen atoms in total. The number of rotatable bonds is 3. The highest BCUT2D eigenvalue weighted by atomic mass is 32.2. The van der Waals surface area contributed by atoms with Gasteiger partial charge in [-0.25, -0.2) is 0 Å². The van der Waals surface area contributed by atoms with E-state index in [4.69, 9.17) is 0 Å². The molecule has 1 aromatic carbocycles. The smallest absolute Gasteiger partial charge is 0.0483 e. The molecule has 1 aromatic heterocycles. The van der Waals surface area contributed by atoms with Crippen molar-refractivity contribution in [2.24, 2.45) is 7.05 Å². The third kappa shape index (κ3) is 2.54. The summed E-state index contributed by atoms with van der Waals surface area (Å²) in [6.45, 7) is 3.10. The average Bonchev–Trinajstić information content (AvgIpc) is 2.71. The van der Waals surface area contributed by atoms with Crippen LogP contribution in [0.15, 0.2) is 24.3 Å². The highest BCUT2D eigenvalue weighted by Crippen LogP contribution is 2.24. The first-order valence-corrected chi connectivity index (χ1v) is 8.77. The van der Waals surface area contributed by atoms with Gasteiger partial charge in [0, 0.05) is 58.5 Å². The minimum Gasteiger partial charge on any atom is -0.346 e. The summed E-state index contributed by atoms with van der Waals surface area (Å²) in [5.41, 5.74) is 4.03. The zero-order valence-electron chi connectivity index (χ0n) is 12.2. The lowest BCUT2D eigenvalue weighted by Crippen LogP contribution is -2.35. The number of hydrogen-bond donors (Lipinski definition) is 1. The van der Waals surface area contributed by atoms with Crippen molar-refractivity contribution in [3.05, 3.63) is 35.5 Å². The van der Waals surface area contributed by atoms with Crippen LogP contribution in [0.5, 0.6) is 0 Å². The summed E-state index contributed by atoms with van der Waals surface area (Å²) in [6.07, 6.45) is 2.07. The van der Waals surface area contributed by atoms with E-state index in [0.717, 1.165) is 30.9 Å².